The molecule has 13 heavy (non-hydrogen) atoms. The molecule has 1 heterocycles. The number of nitrogens with zero attached hydrogens (tertiary/aromatic N) is 1. The Morgan fingerprint density at radius 1 is 1.15 bits per heavy atom. The quantitative estimate of drug-likeness (QED) is 0.704. The minimum Gasteiger partial charge on any atom is -0.298 e. The second-order valence-electron chi connectivity index (χ2n) is 2.81. The van der Waals surface area contributed by atoms with Gasteiger partial charge in [0, 0.05) is 5.39 Å². The fraction of sp³-hybridized carbons (Fsp3) is 0.100. The maximum atomic E-state index is 4.96. The molecule has 0 unspecified atom stereocenters. The van der Waals surface area contributed by atoms with E-state index >= 15 is 0 Å². The van der Waals surface area contributed by atoms with Crippen LogP contribution in [0.3, 0.4) is 0 Å². The highest BCUT2D eigenvalue weighted by Gasteiger charge is 1.96. The van der Waals surface area contributed by atoms with Gasteiger partial charge in [0.1, 0.15) is 6.61 Å². The number of hydrogen-bond acceptors (Lipinski definition) is 3. The van der Waals surface area contributed by atoms with Gasteiger partial charge in [-0.3, -0.25) is 9.82 Å². The van der Waals surface area contributed by atoms with Crippen LogP contribution in [-0.4, -0.2) is 4.98 Å². The van der Waals surface area contributed by atoms with E-state index in [1.807, 2.05) is 36.4 Å². The Balaban J connectivity index is 2.49. The number of pyridine rings is 1. The first kappa shape index (κ1) is 8.16. The lowest BCUT2D eigenvalue weighted by atomic mass is 10.2. The summed E-state index contributed by atoms with van der Waals surface area (Å²) in [6, 6.07) is 11.9. The molecule has 0 spiro atoms. The van der Waals surface area contributed by atoms with Crippen molar-refractivity contribution in [2.45, 2.75) is 6.61 Å². The summed E-state index contributed by atoms with van der Waals surface area (Å²) in [5, 5.41) is 1.13. The van der Waals surface area contributed by atoms with Gasteiger partial charge in [-0.15, -0.1) is 0 Å². The summed E-state index contributed by atoms with van der Waals surface area (Å²) in [5.74, 6) is 4.96. The fourth-order valence-electron chi connectivity index (χ4n) is 1.27. The van der Waals surface area contributed by atoms with Crippen molar-refractivity contribution in [2.75, 3.05) is 0 Å². The van der Waals surface area contributed by atoms with Crippen LogP contribution in [0, 0.1) is 0 Å². The van der Waals surface area contributed by atoms with E-state index in [1.54, 1.807) is 0 Å². The molecule has 0 bridgehead atoms. The molecule has 0 amide bonds. The molecule has 2 aromatic rings. The molecule has 0 saturated carbocycles. The Labute approximate surface area is 76.1 Å². The Morgan fingerprint density at radius 2 is 2.00 bits per heavy atom. The number of para-hydroxylation sites is 1. The topological polar surface area (TPSA) is 48.1 Å². The summed E-state index contributed by atoms with van der Waals surface area (Å²) in [5.41, 5.74) is 1.82. The maximum Gasteiger partial charge on any atom is 0.110 e. The van der Waals surface area contributed by atoms with E-state index in [4.69, 9.17) is 5.90 Å². The van der Waals surface area contributed by atoms with Gasteiger partial charge in [0.05, 0.1) is 11.2 Å². The molecule has 0 fully saturated rings. The van der Waals surface area contributed by atoms with Gasteiger partial charge in [-0.05, 0) is 12.1 Å². The van der Waals surface area contributed by atoms with E-state index in [0.717, 1.165) is 16.6 Å². The molecule has 1 aromatic heterocycles. The van der Waals surface area contributed by atoms with Crippen LogP contribution in [0.4, 0.5) is 0 Å². The Morgan fingerprint density at radius 3 is 2.85 bits per heavy atom. The number of fused-ring (bicyclic) bond motifs is 1. The summed E-state index contributed by atoms with van der Waals surface area (Å²) in [7, 11) is 0. The molecule has 66 valence electrons. The number of nitrogens with two attached hydrogens (primary N) is 1. The summed E-state index contributed by atoms with van der Waals surface area (Å²) < 4.78 is 0. The van der Waals surface area contributed by atoms with Crippen LogP contribution in [0.15, 0.2) is 36.4 Å². The van der Waals surface area contributed by atoms with Crippen LogP contribution in [0.25, 0.3) is 10.9 Å². The van der Waals surface area contributed by atoms with Crippen molar-refractivity contribution >= 4 is 10.9 Å². The SMILES string of the molecule is NOCc1ccc2ccccc2n1. The minimum absolute atomic E-state index is 0.352. The van der Waals surface area contributed by atoms with Gasteiger partial charge in [-0.25, -0.2) is 5.90 Å². The van der Waals surface area contributed by atoms with E-state index in [9.17, 15) is 0 Å². The molecule has 0 radical (unpaired) electrons. The molecule has 0 aliphatic heterocycles. The van der Waals surface area contributed by atoms with Crippen LogP contribution in [0.2, 0.25) is 0 Å². The molecule has 3 heteroatoms. The third-order valence-electron chi connectivity index (χ3n) is 1.89. The van der Waals surface area contributed by atoms with E-state index < -0.39 is 0 Å². The standard InChI is InChI=1S/C10H10N2O/c11-13-7-9-6-5-8-3-1-2-4-10(8)12-9/h1-6H,7,11H2. The van der Waals surface area contributed by atoms with Crippen LogP contribution in [-0.2, 0) is 11.4 Å². The molecule has 2 rings (SSSR count). The molecule has 0 saturated heterocycles. The average molecular weight is 174 g/mol. The molecular formula is C10H10N2O. The summed E-state index contributed by atoms with van der Waals surface area (Å²) in [6.45, 7) is 0.352. The Hall–Kier alpha value is -1.45. The number of benzene rings is 1. The summed E-state index contributed by atoms with van der Waals surface area (Å²) in [4.78, 5) is 8.87. The van der Waals surface area contributed by atoms with E-state index in [0.29, 0.717) is 6.61 Å². The number of hydrogen-bond donors (Lipinski definition) is 1. The first-order valence-electron chi connectivity index (χ1n) is 4.06. The van der Waals surface area contributed by atoms with Crippen molar-refractivity contribution in [2.24, 2.45) is 5.90 Å². The maximum absolute atomic E-state index is 4.96. The van der Waals surface area contributed by atoms with Crippen LogP contribution in [0.5, 0.6) is 0 Å². The van der Waals surface area contributed by atoms with Crippen molar-refractivity contribution in [3.05, 3.63) is 42.1 Å². The van der Waals surface area contributed by atoms with E-state index in [-0.39, 0.29) is 0 Å². The Bertz CT molecular complexity index is 414. The second-order valence-corrected chi connectivity index (χ2v) is 2.81. The van der Waals surface area contributed by atoms with Crippen LogP contribution in [0.1, 0.15) is 5.69 Å². The Kier molecular flexibility index (Phi) is 2.21. The zero-order valence-corrected chi connectivity index (χ0v) is 7.10. The predicted molar refractivity (Wildman–Crippen MR) is 50.7 cm³/mol. The highest BCUT2D eigenvalue weighted by atomic mass is 16.6. The van der Waals surface area contributed by atoms with Crippen molar-refractivity contribution in [3.8, 4) is 0 Å². The fourth-order valence-corrected chi connectivity index (χ4v) is 1.27. The van der Waals surface area contributed by atoms with Gasteiger partial charge >= 0.3 is 0 Å². The molecule has 0 atom stereocenters. The predicted octanol–water partition coefficient (Wildman–Crippen LogP) is 1.63. The van der Waals surface area contributed by atoms with E-state index in [2.05, 4.69) is 9.82 Å². The largest absolute Gasteiger partial charge is 0.298 e. The van der Waals surface area contributed by atoms with Crippen molar-refractivity contribution in [3.63, 3.8) is 0 Å². The lowest BCUT2D eigenvalue weighted by Gasteiger charge is -2.00. The van der Waals surface area contributed by atoms with Crippen LogP contribution >= 0.6 is 0 Å². The van der Waals surface area contributed by atoms with Crippen LogP contribution < -0.4 is 5.90 Å². The smallest absolute Gasteiger partial charge is 0.110 e. The summed E-state index contributed by atoms with van der Waals surface area (Å²) >= 11 is 0. The van der Waals surface area contributed by atoms with Crippen molar-refractivity contribution in [1.29, 1.82) is 0 Å². The van der Waals surface area contributed by atoms with Crippen molar-refractivity contribution < 1.29 is 4.84 Å². The van der Waals surface area contributed by atoms with Gasteiger partial charge in [0.2, 0.25) is 0 Å². The third-order valence-corrected chi connectivity index (χ3v) is 1.89. The third kappa shape index (κ3) is 1.66. The lowest BCUT2D eigenvalue weighted by molar-refractivity contribution is 0.121. The normalized spacial score (nSPS) is 10.5. The minimum atomic E-state index is 0.352. The van der Waals surface area contributed by atoms with Gasteiger partial charge in [0.25, 0.3) is 0 Å². The molecular weight excluding hydrogens is 164 g/mol. The zero-order valence-electron chi connectivity index (χ0n) is 7.10. The number of aromatic nitrogens is 1. The molecule has 0 aliphatic carbocycles. The summed E-state index contributed by atoms with van der Waals surface area (Å²) in [6.07, 6.45) is 0. The monoisotopic (exact) mass is 174 g/mol. The van der Waals surface area contributed by atoms with Gasteiger partial charge in [-0.2, -0.15) is 0 Å². The van der Waals surface area contributed by atoms with Gasteiger partial charge < -0.3 is 0 Å². The van der Waals surface area contributed by atoms with Crippen molar-refractivity contribution in [1.82, 2.24) is 4.98 Å². The molecule has 0 aliphatic rings. The zero-order chi connectivity index (χ0) is 9.10. The van der Waals surface area contributed by atoms with Gasteiger partial charge in [-0.1, -0.05) is 24.3 Å². The lowest BCUT2D eigenvalue weighted by Crippen LogP contribution is -2.00. The first-order valence-corrected chi connectivity index (χ1v) is 4.06. The van der Waals surface area contributed by atoms with E-state index in [1.165, 1.54) is 0 Å². The average Bonchev–Trinajstić information content (AvgIpc) is 2.18. The second kappa shape index (κ2) is 3.51. The molecule has 1 aromatic carbocycles. The van der Waals surface area contributed by atoms with Gasteiger partial charge in [0.15, 0.2) is 0 Å². The molecule has 2 N–H and O–H groups in total. The first-order chi connectivity index (χ1) is 6.40. The molecule has 3 nitrogen and oxygen atoms in total. The highest BCUT2D eigenvalue weighted by Crippen LogP contribution is 2.11. The highest BCUT2D eigenvalue weighted by molar-refractivity contribution is 5.78. The number of rotatable bonds is 2.